The number of nitrogens with zero attached hydrogens (tertiary/aromatic N) is 4. The Bertz CT molecular complexity index is 1070. The third-order valence-electron chi connectivity index (χ3n) is 5.81. The Morgan fingerprint density at radius 1 is 1.37 bits per heavy atom. The van der Waals surface area contributed by atoms with Gasteiger partial charge in [-0.1, -0.05) is 13.0 Å². The fourth-order valence-electron chi connectivity index (χ4n) is 4.13. The molecule has 30 heavy (non-hydrogen) atoms. The molecule has 0 saturated carbocycles. The highest BCUT2D eigenvalue weighted by molar-refractivity contribution is 7.09. The maximum Gasteiger partial charge on any atom is 0.277 e. The van der Waals surface area contributed by atoms with Crippen molar-refractivity contribution in [1.82, 2.24) is 24.5 Å². The Morgan fingerprint density at radius 2 is 2.23 bits per heavy atom. The molecule has 4 rings (SSSR count). The predicted molar refractivity (Wildman–Crippen MR) is 118 cm³/mol. The summed E-state index contributed by atoms with van der Waals surface area (Å²) in [4.78, 5) is 37.8. The van der Waals surface area contributed by atoms with Gasteiger partial charge in [0.15, 0.2) is 0 Å². The SMILES string of the molecule is CC[C@@H]1CCCCN1C(=O)CCc1c(C)nc2nc(NCc3cccs3)[nH]n2c1=O. The number of anilines is 1. The summed E-state index contributed by atoms with van der Waals surface area (Å²) < 4.78 is 1.36. The van der Waals surface area contributed by atoms with Crippen LogP contribution in [0.25, 0.3) is 5.78 Å². The Balaban J connectivity index is 1.48. The smallest absolute Gasteiger partial charge is 0.277 e. The number of rotatable bonds is 7. The van der Waals surface area contributed by atoms with E-state index in [0.717, 1.165) is 25.8 Å². The maximum atomic E-state index is 13.0. The summed E-state index contributed by atoms with van der Waals surface area (Å²) in [6, 6.07) is 4.37. The van der Waals surface area contributed by atoms with Crippen molar-refractivity contribution >= 4 is 29.0 Å². The van der Waals surface area contributed by atoms with Gasteiger partial charge < -0.3 is 10.2 Å². The molecule has 1 atom stereocenters. The van der Waals surface area contributed by atoms with Crippen LogP contribution in [-0.2, 0) is 17.8 Å². The molecule has 0 spiro atoms. The zero-order valence-corrected chi connectivity index (χ0v) is 18.3. The van der Waals surface area contributed by atoms with Crippen molar-refractivity contribution in [1.29, 1.82) is 0 Å². The van der Waals surface area contributed by atoms with E-state index in [9.17, 15) is 9.59 Å². The number of carbonyl (C=O) groups is 1. The van der Waals surface area contributed by atoms with Gasteiger partial charge in [0.25, 0.3) is 11.3 Å². The molecule has 4 heterocycles. The van der Waals surface area contributed by atoms with Gasteiger partial charge >= 0.3 is 0 Å². The molecule has 0 aromatic carbocycles. The zero-order valence-electron chi connectivity index (χ0n) is 17.5. The summed E-state index contributed by atoms with van der Waals surface area (Å²) >= 11 is 1.66. The molecule has 0 bridgehead atoms. The van der Waals surface area contributed by atoms with Crippen molar-refractivity contribution in [3.8, 4) is 0 Å². The van der Waals surface area contributed by atoms with Gasteiger partial charge in [-0.3, -0.25) is 14.7 Å². The van der Waals surface area contributed by atoms with Crippen LogP contribution in [0.2, 0.25) is 0 Å². The summed E-state index contributed by atoms with van der Waals surface area (Å²) in [5.74, 6) is 0.969. The molecule has 0 radical (unpaired) electrons. The van der Waals surface area contributed by atoms with E-state index >= 15 is 0 Å². The average molecular weight is 429 g/mol. The first kappa shape index (κ1) is 20.6. The molecule has 8 nitrogen and oxygen atoms in total. The number of H-pyrrole nitrogens is 1. The van der Waals surface area contributed by atoms with E-state index in [2.05, 4.69) is 27.3 Å². The first-order chi connectivity index (χ1) is 14.6. The lowest BCUT2D eigenvalue weighted by Gasteiger charge is -2.35. The fraction of sp³-hybridized carbons (Fsp3) is 0.524. The largest absolute Gasteiger partial charge is 0.350 e. The lowest BCUT2D eigenvalue weighted by Crippen LogP contribution is -2.43. The number of nitrogens with one attached hydrogen (secondary N) is 2. The molecule has 1 saturated heterocycles. The van der Waals surface area contributed by atoms with Gasteiger partial charge in [0.05, 0.1) is 12.2 Å². The topological polar surface area (TPSA) is 95.4 Å². The number of piperidine rings is 1. The van der Waals surface area contributed by atoms with Crippen LogP contribution < -0.4 is 10.9 Å². The van der Waals surface area contributed by atoms with E-state index in [4.69, 9.17) is 0 Å². The van der Waals surface area contributed by atoms with E-state index in [1.807, 2.05) is 29.3 Å². The Labute approximate surface area is 179 Å². The number of carbonyl (C=O) groups excluding carboxylic acids is 1. The first-order valence-electron chi connectivity index (χ1n) is 10.6. The normalized spacial score (nSPS) is 16.9. The molecule has 1 fully saturated rings. The number of aromatic nitrogens is 4. The quantitative estimate of drug-likeness (QED) is 0.603. The van der Waals surface area contributed by atoms with Gasteiger partial charge in [-0.2, -0.15) is 9.50 Å². The fourth-order valence-corrected chi connectivity index (χ4v) is 4.78. The van der Waals surface area contributed by atoms with E-state index in [1.165, 1.54) is 15.8 Å². The van der Waals surface area contributed by atoms with Gasteiger partial charge in [0.2, 0.25) is 11.9 Å². The van der Waals surface area contributed by atoms with E-state index in [-0.39, 0.29) is 11.5 Å². The minimum absolute atomic E-state index is 0.133. The molecular weight excluding hydrogens is 400 g/mol. The number of fused-ring (bicyclic) bond motifs is 1. The van der Waals surface area contributed by atoms with Crippen molar-refractivity contribution in [2.45, 2.75) is 65.0 Å². The Kier molecular flexibility index (Phi) is 6.17. The van der Waals surface area contributed by atoms with Crippen molar-refractivity contribution in [2.75, 3.05) is 11.9 Å². The molecular formula is C21H28N6O2S. The van der Waals surface area contributed by atoms with Crippen LogP contribution in [0, 0.1) is 6.92 Å². The highest BCUT2D eigenvalue weighted by Gasteiger charge is 2.25. The minimum atomic E-state index is -0.187. The molecule has 9 heteroatoms. The molecule has 1 amide bonds. The van der Waals surface area contributed by atoms with Gasteiger partial charge in [-0.15, -0.1) is 11.3 Å². The number of likely N-dealkylation sites (tertiary alicyclic amines) is 1. The predicted octanol–water partition coefficient (Wildman–Crippen LogP) is 3.12. The van der Waals surface area contributed by atoms with Gasteiger partial charge in [0, 0.05) is 29.4 Å². The second kappa shape index (κ2) is 8.99. The van der Waals surface area contributed by atoms with Crippen LogP contribution in [0.4, 0.5) is 5.95 Å². The standard InChI is InChI=1S/C21H28N6O2S/c1-3-15-7-4-5-11-26(15)18(28)10-9-17-14(2)23-21-24-20(25-27(21)19(17)29)22-13-16-8-6-12-30-16/h6,8,12,15H,3-5,7,9-11,13H2,1-2H3,(H2,22,23,24,25)/t15-/m1/s1. The summed E-state index contributed by atoms with van der Waals surface area (Å²) in [5.41, 5.74) is 1.02. The Hall–Kier alpha value is -2.68. The van der Waals surface area contributed by atoms with E-state index < -0.39 is 0 Å². The van der Waals surface area contributed by atoms with Crippen molar-refractivity contribution in [2.24, 2.45) is 0 Å². The van der Waals surface area contributed by atoms with Crippen LogP contribution in [-0.4, -0.2) is 43.0 Å². The van der Waals surface area contributed by atoms with Crippen LogP contribution in [0.15, 0.2) is 22.3 Å². The summed E-state index contributed by atoms with van der Waals surface area (Å²) in [7, 11) is 0. The summed E-state index contributed by atoms with van der Waals surface area (Å²) in [6.45, 7) is 5.39. The third kappa shape index (κ3) is 4.26. The highest BCUT2D eigenvalue weighted by Crippen LogP contribution is 2.21. The van der Waals surface area contributed by atoms with Gasteiger partial charge in [-0.25, -0.2) is 4.98 Å². The lowest BCUT2D eigenvalue weighted by atomic mass is 9.99. The van der Waals surface area contributed by atoms with Crippen molar-refractivity contribution < 1.29 is 4.79 Å². The molecule has 1 aliphatic heterocycles. The van der Waals surface area contributed by atoms with Crippen LogP contribution in [0.1, 0.15) is 55.2 Å². The maximum absolute atomic E-state index is 13.0. The number of aryl methyl sites for hydroxylation is 1. The van der Waals surface area contributed by atoms with E-state index in [1.54, 1.807) is 11.3 Å². The second-order valence-electron chi connectivity index (χ2n) is 7.77. The zero-order chi connectivity index (χ0) is 21.1. The Morgan fingerprint density at radius 3 is 3.00 bits per heavy atom. The summed E-state index contributed by atoms with van der Waals surface area (Å²) in [5, 5.41) is 8.20. The number of hydrogen-bond donors (Lipinski definition) is 2. The number of hydrogen-bond acceptors (Lipinski definition) is 6. The molecule has 3 aromatic rings. The minimum Gasteiger partial charge on any atom is -0.350 e. The highest BCUT2D eigenvalue weighted by atomic mass is 32.1. The molecule has 160 valence electrons. The molecule has 0 unspecified atom stereocenters. The summed E-state index contributed by atoms with van der Waals surface area (Å²) in [6.07, 6.45) is 5.03. The van der Waals surface area contributed by atoms with Crippen molar-refractivity contribution in [3.05, 3.63) is 44.0 Å². The number of aromatic amines is 1. The van der Waals surface area contributed by atoms with Crippen LogP contribution in [0.5, 0.6) is 0 Å². The molecule has 0 aliphatic carbocycles. The first-order valence-corrected chi connectivity index (χ1v) is 11.5. The number of thiophene rings is 1. The second-order valence-corrected chi connectivity index (χ2v) is 8.80. The van der Waals surface area contributed by atoms with Gasteiger partial charge in [-0.05, 0) is 50.5 Å². The van der Waals surface area contributed by atoms with Crippen LogP contribution >= 0.6 is 11.3 Å². The monoisotopic (exact) mass is 428 g/mol. The van der Waals surface area contributed by atoms with Gasteiger partial charge in [0.1, 0.15) is 0 Å². The lowest BCUT2D eigenvalue weighted by molar-refractivity contribution is -0.134. The number of amides is 1. The molecule has 1 aliphatic rings. The van der Waals surface area contributed by atoms with Crippen molar-refractivity contribution in [3.63, 3.8) is 0 Å². The molecule has 3 aromatic heterocycles. The molecule has 2 N–H and O–H groups in total. The van der Waals surface area contributed by atoms with E-state index in [0.29, 0.717) is 48.4 Å². The van der Waals surface area contributed by atoms with Crippen LogP contribution in [0.3, 0.4) is 0 Å². The average Bonchev–Trinajstić information content (AvgIpc) is 3.41. The third-order valence-corrected chi connectivity index (χ3v) is 6.69.